The van der Waals surface area contributed by atoms with E-state index in [0.29, 0.717) is 11.3 Å². The second-order valence-corrected chi connectivity index (χ2v) is 10.0. The lowest BCUT2D eigenvalue weighted by Gasteiger charge is -2.18. The summed E-state index contributed by atoms with van der Waals surface area (Å²) in [7, 11) is 0. The fraction of sp³-hybridized carbons (Fsp3) is 0.276. The Hall–Kier alpha value is -3.13. The molecule has 6 rings (SSSR count). The highest BCUT2D eigenvalue weighted by atomic mass is 16.3. The van der Waals surface area contributed by atoms with E-state index in [1.807, 2.05) is 18.3 Å². The van der Waals surface area contributed by atoms with E-state index < -0.39 is 0 Å². The molecule has 0 radical (unpaired) electrons. The lowest BCUT2D eigenvalue weighted by Crippen LogP contribution is -2.04. The first-order valence-corrected chi connectivity index (χ1v) is 11.3. The molecular weight excluding hydrogens is 378 g/mol. The van der Waals surface area contributed by atoms with Gasteiger partial charge in [0.2, 0.25) is 0 Å². The van der Waals surface area contributed by atoms with Crippen molar-refractivity contribution < 1.29 is 4.42 Å². The highest BCUT2D eigenvalue weighted by Crippen LogP contribution is 2.46. The van der Waals surface area contributed by atoms with E-state index in [1.54, 1.807) is 0 Å². The molecule has 154 valence electrons. The largest absolute Gasteiger partial charge is 0.455 e. The molecule has 3 aromatic carbocycles. The van der Waals surface area contributed by atoms with E-state index in [2.05, 4.69) is 69.3 Å². The van der Waals surface area contributed by atoms with Gasteiger partial charge >= 0.3 is 0 Å². The fourth-order valence-corrected chi connectivity index (χ4v) is 5.53. The standard InChI is InChI=1S/C29H27NO/c1-18-14-24-23-6-4-5-7-26(23)31-28(24)25(15-18)27-22-9-8-19(16-20(22)11-13-30-27)21-10-12-29(2,3)17-21/h4-9,11,13-16,21H,10,12,17H2,1-3H3. The van der Waals surface area contributed by atoms with Gasteiger partial charge in [0.15, 0.2) is 0 Å². The van der Waals surface area contributed by atoms with Crippen LogP contribution in [0.15, 0.2) is 71.3 Å². The van der Waals surface area contributed by atoms with Crippen LogP contribution in [-0.4, -0.2) is 4.98 Å². The average molecular weight is 406 g/mol. The zero-order valence-electron chi connectivity index (χ0n) is 18.4. The van der Waals surface area contributed by atoms with Crippen LogP contribution in [-0.2, 0) is 0 Å². The molecule has 5 aromatic rings. The molecule has 1 unspecified atom stereocenters. The molecular formula is C29H27NO. The van der Waals surface area contributed by atoms with E-state index >= 15 is 0 Å². The Morgan fingerprint density at radius 3 is 2.65 bits per heavy atom. The van der Waals surface area contributed by atoms with Crippen molar-refractivity contribution in [1.29, 1.82) is 0 Å². The van der Waals surface area contributed by atoms with Gasteiger partial charge in [-0.2, -0.15) is 0 Å². The number of pyridine rings is 1. The van der Waals surface area contributed by atoms with Gasteiger partial charge in [-0.05, 0) is 78.3 Å². The van der Waals surface area contributed by atoms with Crippen LogP contribution in [0.25, 0.3) is 44.0 Å². The SMILES string of the molecule is Cc1cc(-c2nccc3cc(C4CCC(C)(C)C4)ccc23)c2oc3ccccc3c2c1. The molecule has 0 aliphatic heterocycles. The maximum atomic E-state index is 6.33. The second-order valence-electron chi connectivity index (χ2n) is 10.0. The van der Waals surface area contributed by atoms with Gasteiger partial charge in [-0.25, -0.2) is 0 Å². The smallest absolute Gasteiger partial charge is 0.144 e. The number of furan rings is 1. The molecule has 1 aliphatic rings. The highest BCUT2D eigenvalue weighted by Gasteiger charge is 2.31. The van der Waals surface area contributed by atoms with Crippen LogP contribution in [0.5, 0.6) is 0 Å². The lowest BCUT2D eigenvalue weighted by molar-refractivity contribution is 0.376. The highest BCUT2D eigenvalue weighted by molar-refractivity contribution is 6.11. The molecule has 1 saturated carbocycles. The number of hydrogen-bond acceptors (Lipinski definition) is 2. The third-order valence-corrected chi connectivity index (χ3v) is 7.11. The Kier molecular flexibility index (Phi) is 4.02. The number of aromatic nitrogens is 1. The third-order valence-electron chi connectivity index (χ3n) is 7.11. The van der Waals surface area contributed by atoms with Crippen LogP contribution in [0.3, 0.4) is 0 Å². The van der Waals surface area contributed by atoms with Crippen molar-refractivity contribution in [3.05, 3.63) is 78.0 Å². The Morgan fingerprint density at radius 1 is 0.935 bits per heavy atom. The summed E-state index contributed by atoms with van der Waals surface area (Å²) in [4.78, 5) is 4.83. The molecule has 0 saturated heterocycles. The summed E-state index contributed by atoms with van der Waals surface area (Å²) in [6.07, 6.45) is 5.81. The number of aryl methyl sites for hydroxylation is 1. The zero-order chi connectivity index (χ0) is 21.2. The number of hydrogen-bond donors (Lipinski definition) is 0. The molecule has 31 heavy (non-hydrogen) atoms. The lowest BCUT2D eigenvalue weighted by atomic mass is 9.88. The van der Waals surface area contributed by atoms with Crippen molar-refractivity contribution in [2.75, 3.05) is 0 Å². The van der Waals surface area contributed by atoms with Crippen LogP contribution >= 0.6 is 0 Å². The Balaban J connectivity index is 1.54. The van der Waals surface area contributed by atoms with Crippen LogP contribution in [0.4, 0.5) is 0 Å². The summed E-state index contributed by atoms with van der Waals surface area (Å²) in [5.74, 6) is 0.664. The van der Waals surface area contributed by atoms with E-state index in [0.717, 1.165) is 33.2 Å². The van der Waals surface area contributed by atoms with Crippen molar-refractivity contribution in [3.63, 3.8) is 0 Å². The number of rotatable bonds is 2. The summed E-state index contributed by atoms with van der Waals surface area (Å²) in [5, 5.41) is 4.77. The third kappa shape index (κ3) is 3.05. The minimum absolute atomic E-state index is 0.456. The number of fused-ring (bicyclic) bond motifs is 4. The molecule has 0 N–H and O–H groups in total. The van der Waals surface area contributed by atoms with Crippen LogP contribution in [0.1, 0.15) is 50.2 Å². The molecule has 0 bridgehead atoms. The van der Waals surface area contributed by atoms with Gasteiger partial charge in [0.1, 0.15) is 11.2 Å². The molecule has 0 spiro atoms. The van der Waals surface area contributed by atoms with Gasteiger partial charge in [0, 0.05) is 27.9 Å². The normalized spacial score (nSPS) is 18.4. The first-order valence-electron chi connectivity index (χ1n) is 11.3. The maximum absolute atomic E-state index is 6.33. The van der Waals surface area contributed by atoms with E-state index in [9.17, 15) is 0 Å². The van der Waals surface area contributed by atoms with Crippen molar-refractivity contribution in [1.82, 2.24) is 4.98 Å². The summed E-state index contributed by atoms with van der Waals surface area (Å²) < 4.78 is 6.33. The topological polar surface area (TPSA) is 26.0 Å². The predicted molar refractivity (Wildman–Crippen MR) is 130 cm³/mol. The molecule has 2 heterocycles. The first kappa shape index (κ1) is 18.6. The Morgan fingerprint density at radius 2 is 1.81 bits per heavy atom. The van der Waals surface area contributed by atoms with Crippen LogP contribution in [0.2, 0.25) is 0 Å². The van der Waals surface area contributed by atoms with E-state index in [4.69, 9.17) is 9.40 Å². The summed E-state index contributed by atoms with van der Waals surface area (Å²) in [5.41, 5.74) is 7.07. The van der Waals surface area contributed by atoms with Gasteiger partial charge in [0.25, 0.3) is 0 Å². The number of para-hydroxylation sites is 1. The molecule has 2 heteroatoms. The van der Waals surface area contributed by atoms with Crippen molar-refractivity contribution in [2.45, 2.75) is 46.0 Å². The van der Waals surface area contributed by atoms with E-state index in [1.165, 1.54) is 41.2 Å². The van der Waals surface area contributed by atoms with Gasteiger partial charge in [-0.15, -0.1) is 0 Å². The summed E-state index contributed by atoms with van der Waals surface area (Å²) in [6, 6.07) is 21.8. The molecule has 2 nitrogen and oxygen atoms in total. The van der Waals surface area contributed by atoms with Gasteiger partial charge in [-0.1, -0.05) is 50.2 Å². The summed E-state index contributed by atoms with van der Waals surface area (Å²) >= 11 is 0. The maximum Gasteiger partial charge on any atom is 0.144 e. The van der Waals surface area contributed by atoms with E-state index in [-0.39, 0.29) is 0 Å². The van der Waals surface area contributed by atoms with Crippen LogP contribution in [0, 0.1) is 12.3 Å². The van der Waals surface area contributed by atoms with Crippen molar-refractivity contribution >= 4 is 32.7 Å². The second kappa shape index (κ2) is 6.68. The molecule has 1 fully saturated rings. The molecule has 1 atom stereocenters. The number of benzene rings is 3. The van der Waals surface area contributed by atoms with Crippen LogP contribution < -0.4 is 0 Å². The quantitative estimate of drug-likeness (QED) is 0.295. The Bertz CT molecular complexity index is 1460. The van der Waals surface area contributed by atoms with Gasteiger partial charge < -0.3 is 4.42 Å². The Labute approximate surface area is 182 Å². The van der Waals surface area contributed by atoms with Crippen molar-refractivity contribution in [3.8, 4) is 11.3 Å². The molecule has 2 aromatic heterocycles. The van der Waals surface area contributed by atoms with Crippen molar-refractivity contribution in [2.24, 2.45) is 5.41 Å². The summed E-state index contributed by atoms with van der Waals surface area (Å²) in [6.45, 7) is 6.94. The van der Waals surface area contributed by atoms with Gasteiger partial charge in [0.05, 0.1) is 5.69 Å². The van der Waals surface area contributed by atoms with Gasteiger partial charge in [-0.3, -0.25) is 4.98 Å². The predicted octanol–water partition coefficient (Wildman–Crippen LogP) is 8.40. The zero-order valence-corrected chi connectivity index (χ0v) is 18.4. The number of nitrogens with zero attached hydrogens (tertiary/aromatic N) is 1. The molecule has 1 aliphatic carbocycles. The average Bonchev–Trinajstić information content (AvgIpc) is 3.32. The molecule has 0 amide bonds. The minimum atomic E-state index is 0.456. The fourth-order valence-electron chi connectivity index (χ4n) is 5.53. The first-order chi connectivity index (χ1) is 15.0. The minimum Gasteiger partial charge on any atom is -0.455 e. The monoisotopic (exact) mass is 405 g/mol.